The van der Waals surface area contributed by atoms with Crippen LogP contribution >= 0.6 is 0 Å². The Labute approximate surface area is 107 Å². The number of anilines is 1. The summed E-state index contributed by atoms with van der Waals surface area (Å²) in [5.41, 5.74) is 0.690. The van der Waals surface area contributed by atoms with E-state index in [-0.39, 0.29) is 12.2 Å². The highest BCUT2D eigenvalue weighted by Crippen LogP contribution is 2.21. The Morgan fingerprint density at radius 3 is 2.78 bits per heavy atom. The Balaban J connectivity index is 1.85. The largest absolute Gasteiger partial charge is 0.497 e. The maximum atomic E-state index is 11.7. The van der Waals surface area contributed by atoms with Gasteiger partial charge in [0.15, 0.2) is 0 Å². The molecule has 1 aliphatic rings. The molecular formula is C14H19NO3. The van der Waals surface area contributed by atoms with Gasteiger partial charge in [0.2, 0.25) is 0 Å². The minimum atomic E-state index is -0.379. The van der Waals surface area contributed by atoms with Gasteiger partial charge in [-0.05, 0) is 37.8 Å². The molecule has 1 fully saturated rings. The third kappa shape index (κ3) is 3.65. The second kappa shape index (κ2) is 6.28. The molecule has 98 valence electrons. The second-order valence-corrected chi connectivity index (χ2v) is 4.52. The standard InChI is InChI=1S/C14H19NO3/c1-17-13-9-5-6-11(10-13)15-14(16)18-12-7-3-2-4-8-12/h5-6,9-10,12H,2-4,7-8H2,1H3,(H,15,16). The lowest BCUT2D eigenvalue weighted by Gasteiger charge is -2.21. The van der Waals surface area contributed by atoms with Gasteiger partial charge in [0.05, 0.1) is 7.11 Å². The molecule has 0 unspecified atom stereocenters. The van der Waals surface area contributed by atoms with Crippen molar-refractivity contribution in [2.45, 2.75) is 38.2 Å². The number of methoxy groups -OCH3 is 1. The highest BCUT2D eigenvalue weighted by Gasteiger charge is 2.17. The topological polar surface area (TPSA) is 47.6 Å². The van der Waals surface area contributed by atoms with Gasteiger partial charge in [-0.25, -0.2) is 4.79 Å². The van der Waals surface area contributed by atoms with Crippen molar-refractivity contribution in [3.63, 3.8) is 0 Å². The zero-order chi connectivity index (χ0) is 12.8. The van der Waals surface area contributed by atoms with Crippen molar-refractivity contribution in [3.05, 3.63) is 24.3 Å². The fourth-order valence-corrected chi connectivity index (χ4v) is 2.18. The van der Waals surface area contributed by atoms with Gasteiger partial charge in [-0.3, -0.25) is 5.32 Å². The molecule has 4 heteroatoms. The summed E-state index contributed by atoms with van der Waals surface area (Å²) in [4.78, 5) is 11.7. The molecule has 0 bridgehead atoms. The highest BCUT2D eigenvalue weighted by atomic mass is 16.6. The van der Waals surface area contributed by atoms with Gasteiger partial charge in [-0.15, -0.1) is 0 Å². The summed E-state index contributed by atoms with van der Waals surface area (Å²) >= 11 is 0. The minimum absolute atomic E-state index is 0.0735. The predicted octanol–water partition coefficient (Wildman–Crippen LogP) is 3.58. The number of hydrogen-bond donors (Lipinski definition) is 1. The molecule has 0 aliphatic heterocycles. The van der Waals surface area contributed by atoms with E-state index in [2.05, 4.69) is 5.32 Å². The molecule has 0 aromatic heterocycles. The smallest absolute Gasteiger partial charge is 0.411 e. The summed E-state index contributed by atoms with van der Waals surface area (Å²) < 4.78 is 10.5. The molecule has 0 atom stereocenters. The molecule has 0 radical (unpaired) electrons. The molecular weight excluding hydrogens is 230 g/mol. The molecule has 4 nitrogen and oxygen atoms in total. The van der Waals surface area contributed by atoms with Crippen LogP contribution in [0.1, 0.15) is 32.1 Å². The summed E-state index contributed by atoms with van der Waals surface area (Å²) in [6.07, 6.45) is 5.20. The van der Waals surface area contributed by atoms with Crippen molar-refractivity contribution in [2.75, 3.05) is 12.4 Å². The first kappa shape index (κ1) is 12.7. The minimum Gasteiger partial charge on any atom is -0.497 e. The molecule has 0 saturated heterocycles. The van der Waals surface area contributed by atoms with Crippen LogP contribution in [0.5, 0.6) is 5.75 Å². The molecule has 1 N–H and O–H groups in total. The van der Waals surface area contributed by atoms with Crippen LogP contribution in [0.15, 0.2) is 24.3 Å². The zero-order valence-electron chi connectivity index (χ0n) is 10.6. The van der Waals surface area contributed by atoms with Crippen LogP contribution < -0.4 is 10.1 Å². The Morgan fingerprint density at radius 1 is 1.28 bits per heavy atom. The average Bonchev–Trinajstić information content (AvgIpc) is 2.40. The summed E-state index contributed by atoms with van der Waals surface area (Å²) in [5.74, 6) is 0.713. The molecule has 1 amide bonds. The monoisotopic (exact) mass is 249 g/mol. The number of benzene rings is 1. The third-order valence-corrected chi connectivity index (χ3v) is 3.14. The lowest BCUT2D eigenvalue weighted by atomic mass is 9.98. The fourth-order valence-electron chi connectivity index (χ4n) is 2.18. The zero-order valence-corrected chi connectivity index (χ0v) is 10.6. The summed E-state index contributed by atoms with van der Waals surface area (Å²) in [7, 11) is 1.60. The first-order chi connectivity index (χ1) is 8.78. The maximum absolute atomic E-state index is 11.7. The van der Waals surface area contributed by atoms with Gasteiger partial charge >= 0.3 is 6.09 Å². The number of carbonyl (C=O) groups is 1. The second-order valence-electron chi connectivity index (χ2n) is 4.52. The van der Waals surface area contributed by atoms with E-state index >= 15 is 0 Å². The van der Waals surface area contributed by atoms with Crippen LogP contribution in [0.25, 0.3) is 0 Å². The Morgan fingerprint density at radius 2 is 2.06 bits per heavy atom. The van der Waals surface area contributed by atoms with Crippen molar-refractivity contribution in [1.29, 1.82) is 0 Å². The van der Waals surface area contributed by atoms with Crippen LogP contribution in [-0.4, -0.2) is 19.3 Å². The quantitative estimate of drug-likeness (QED) is 0.890. The van der Waals surface area contributed by atoms with Crippen LogP contribution in [0.3, 0.4) is 0 Å². The average molecular weight is 249 g/mol. The van der Waals surface area contributed by atoms with Gasteiger partial charge in [-0.1, -0.05) is 12.5 Å². The lowest BCUT2D eigenvalue weighted by molar-refractivity contribution is 0.0865. The van der Waals surface area contributed by atoms with Crippen molar-refractivity contribution >= 4 is 11.8 Å². The number of amides is 1. The van der Waals surface area contributed by atoms with Gasteiger partial charge in [0.25, 0.3) is 0 Å². The highest BCUT2D eigenvalue weighted by molar-refractivity contribution is 5.84. The van der Waals surface area contributed by atoms with E-state index in [0.717, 1.165) is 25.7 Å². The number of rotatable bonds is 3. The van der Waals surface area contributed by atoms with Crippen LogP contribution in [0.2, 0.25) is 0 Å². The van der Waals surface area contributed by atoms with E-state index in [9.17, 15) is 4.79 Å². The molecule has 0 spiro atoms. The summed E-state index contributed by atoms with van der Waals surface area (Å²) in [6, 6.07) is 7.24. The third-order valence-electron chi connectivity index (χ3n) is 3.14. The first-order valence-corrected chi connectivity index (χ1v) is 6.39. The van der Waals surface area contributed by atoms with Crippen LogP contribution in [0.4, 0.5) is 10.5 Å². The van der Waals surface area contributed by atoms with Crippen LogP contribution in [-0.2, 0) is 4.74 Å². The van der Waals surface area contributed by atoms with Crippen molar-refractivity contribution in [2.24, 2.45) is 0 Å². The van der Waals surface area contributed by atoms with Crippen LogP contribution in [0, 0.1) is 0 Å². The molecule has 2 rings (SSSR count). The number of ether oxygens (including phenoxy) is 2. The molecule has 0 heterocycles. The molecule has 1 aromatic carbocycles. The number of nitrogens with one attached hydrogen (secondary N) is 1. The molecule has 1 saturated carbocycles. The van der Waals surface area contributed by atoms with Crippen molar-refractivity contribution < 1.29 is 14.3 Å². The van der Waals surface area contributed by atoms with Crippen molar-refractivity contribution in [3.8, 4) is 5.75 Å². The van der Waals surface area contributed by atoms with E-state index < -0.39 is 0 Å². The first-order valence-electron chi connectivity index (χ1n) is 6.39. The maximum Gasteiger partial charge on any atom is 0.411 e. The van der Waals surface area contributed by atoms with E-state index in [4.69, 9.17) is 9.47 Å². The molecule has 1 aliphatic carbocycles. The normalized spacial score (nSPS) is 16.1. The predicted molar refractivity (Wildman–Crippen MR) is 70.0 cm³/mol. The Hall–Kier alpha value is -1.71. The Bertz CT molecular complexity index is 400. The van der Waals surface area contributed by atoms with Crippen molar-refractivity contribution in [1.82, 2.24) is 0 Å². The van der Waals surface area contributed by atoms with Gasteiger partial charge in [0.1, 0.15) is 11.9 Å². The van der Waals surface area contributed by atoms with Gasteiger partial charge < -0.3 is 9.47 Å². The molecule has 18 heavy (non-hydrogen) atoms. The number of carbonyl (C=O) groups excluding carboxylic acids is 1. The SMILES string of the molecule is COc1cccc(NC(=O)OC2CCCCC2)c1. The number of hydrogen-bond acceptors (Lipinski definition) is 3. The van der Waals surface area contributed by atoms with Gasteiger partial charge in [-0.2, -0.15) is 0 Å². The van der Waals surface area contributed by atoms with E-state index in [0.29, 0.717) is 11.4 Å². The summed E-state index contributed by atoms with van der Waals surface area (Å²) in [5, 5.41) is 2.72. The fraction of sp³-hybridized carbons (Fsp3) is 0.500. The summed E-state index contributed by atoms with van der Waals surface area (Å²) in [6.45, 7) is 0. The van der Waals surface area contributed by atoms with Gasteiger partial charge in [0, 0.05) is 11.8 Å². The Kier molecular flexibility index (Phi) is 4.45. The van der Waals surface area contributed by atoms with E-state index in [1.807, 2.05) is 18.2 Å². The molecule has 1 aromatic rings. The lowest BCUT2D eigenvalue weighted by Crippen LogP contribution is -2.24. The van der Waals surface area contributed by atoms with E-state index in [1.165, 1.54) is 6.42 Å². The van der Waals surface area contributed by atoms with E-state index in [1.54, 1.807) is 13.2 Å².